The van der Waals surface area contributed by atoms with Gasteiger partial charge in [0.2, 0.25) is 8.32 Å². The number of benzene rings is 2. The first kappa shape index (κ1) is 31.2. The molecule has 0 saturated heterocycles. The van der Waals surface area contributed by atoms with Gasteiger partial charge in [-0.25, -0.2) is 4.68 Å². The summed E-state index contributed by atoms with van der Waals surface area (Å²) in [4.78, 5) is 0. The van der Waals surface area contributed by atoms with Gasteiger partial charge in [-0.3, -0.25) is 0 Å². The summed E-state index contributed by atoms with van der Waals surface area (Å²) < 4.78 is 16.7. The van der Waals surface area contributed by atoms with E-state index in [1.807, 2.05) is 22.9 Å². The van der Waals surface area contributed by atoms with E-state index in [2.05, 4.69) is 126 Å². The van der Waals surface area contributed by atoms with Crippen molar-refractivity contribution in [2.45, 2.75) is 97.7 Å². The van der Waals surface area contributed by atoms with Gasteiger partial charge >= 0.3 is 0 Å². The van der Waals surface area contributed by atoms with Crippen LogP contribution < -0.4 is 8.85 Å². The molecule has 0 atom stereocenters. The van der Waals surface area contributed by atoms with Crippen LogP contribution in [-0.2, 0) is 13.0 Å². The fraction of sp³-hybridized carbons (Fsp3) is 0.517. The Morgan fingerprint density at radius 2 is 1.47 bits per heavy atom. The van der Waals surface area contributed by atoms with Gasteiger partial charge < -0.3 is 8.85 Å². The molecule has 0 saturated carbocycles. The summed E-state index contributed by atoms with van der Waals surface area (Å²) in [7, 11) is -4.20. The molecule has 3 aromatic rings. The zero-order valence-electron chi connectivity index (χ0n) is 24.8. The van der Waals surface area contributed by atoms with Crippen molar-refractivity contribution >= 4 is 50.8 Å². The highest BCUT2D eigenvalue weighted by atomic mass is 127. The highest BCUT2D eigenvalue weighted by Gasteiger charge is 2.41. The van der Waals surface area contributed by atoms with Gasteiger partial charge in [0.25, 0.3) is 8.32 Å². The third-order valence-corrected chi connectivity index (χ3v) is 18.0. The molecule has 0 spiro atoms. The summed E-state index contributed by atoms with van der Waals surface area (Å²) in [5.74, 6) is 1.76. The minimum Gasteiger partial charge on any atom is -0.543 e. The molecular weight excluding hydrogens is 641 g/mol. The van der Waals surface area contributed by atoms with Crippen LogP contribution in [0.2, 0.25) is 41.3 Å². The normalized spacial score (nSPS) is 13.1. The molecule has 1 aromatic heterocycles. The maximum Gasteiger partial charge on any atom is 0.250 e. The molecule has 2 aromatic carbocycles. The zero-order chi connectivity index (χ0) is 28.7. The predicted octanol–water partition coefficient (Wildman–Crippen LogP) is 9.58. The number of aromatic nitrogens is 3. The summed E-state index contributed by atoms with van der Waals surface area (Å²) in [6.45, 7) is 25.5. The number of hydrogen-bond acceptors (Lipinski definition) is 4. The second-order valence-electron chi connectivity index (χ2n) is 13.1. The molecule has 3 rings (SSSR count). The number of nitrogens with zero attached hydrogens (tertiary/aromatic N) is 3. The maximum atomic E-state index is 6.97. The van der Waals surface area contributed by atoms with Crippen LogP contribution in [0.4, 0.5) is 0 Å². The molecule has 0 aliphatic rings. The second kappa shape index (κ2) is 11.3. The molecule has 1 heterocycles. The van der Waals surface area contributed by atoms with Crippen LogP contribution in [-0.4, -0.2) is 31.6 Å². The SMILES string of the molecule is CCc1cc(-c2nnn(Cc3cccc(Cl)c3)c2I)c(O[Si](C)(C)C(C)(C)C)cc1O[Si](C)(C)C(C)(C)C. The van der Waals surface area contributed by atoms with E-state index in [0.29, 0.717) is 11.6 Å². The molecule has 0 fully saturated rings. The van der Waals surface area contributed by atoms with E-state index in [0.717, 1.165) is 44.0 Å². The van der Waals surface area contributed by atoms with Gasteiger partial charge in [-0.15, -0.1) is 5.10 Å². The first-order valence-electron chi connectivity index (χ1n) is 13.2. The van der Waals surface area contributed by atoms with Crippen molar-refractivity contribution in [3.63, 3.8) is 0 Å². The first-order valence-corrected chi connectivity index (χ1v) is 20.5. The fourth-order valence-corrected chi connectivity index (χ4v) is 6.43. The van der Waals surface area contributed by atoms with Crippen molar-refractivity contribution < 1.29 is 8.85 Å². The van der Waals surface area contributed by atoms with E-state index in [1.165, 1.54) is 0 Å². The van der Waals surface area contributed by atoms with Crippen LogP contribution >= 0.6 is 34.2 Å². The molecular formula is C29H43ClIN3O2Si2. The van der Waals surface area contributed by atoms with Gasteiger partial charge in [0.1, 0.15) is 20.9 Å². The molecule has 9 heteroatoms. The number of hydrogen-bond donors (Lipinski definition) is 0. The number of halogens is 2. The van der Waals surface area contributed by atoms with Crippen LogP contribution in [0.3, 0.4) is 0 Å². The van der Waals surface area contributed by atoms with E-state index in [-0.39, 0.29) is 10.1 Å². The average Bonchev–Trinajstić information content (AvgIpc) is 3.12. The van der Waals surface area contributed by atoms with Crippen LogP contribution in [0.25, 0.3) is 11.3 Å². The first-order chi connectivity index (χ1) is 17.4. The lowest BCUT2D eigenvalue weighted by atomic mass is 10.0. The summed E-state index contributed by atoms with van der Waals surface area (Å²) in [5, 5.41) is 10.0. The summed E-state index contributed by atoms with van der Waals surface area (Å²) in [6.07, 6.45) is 0.852. The summed E-state index contributed by atoms with van der Waals surface area (Å²) >= 11 is 8.57. The monoisotopic (exact) mass is 683 g/mol. The van der Waals surface area contributed by atoms with Gasteiger partial charge in [-0.05, 0) is 94.6 Å². The van der Waals surface area contributed by atoms with Gasteiger partial charge in [0.15, 0.2) is 0 Å². The Balaban J connectivity index is 2.16. The van der Waals surface area contributed by atoms with Crippen LogP contribution in [0.15, 0.2) is 36.4 Å². The minimum absolute atomic E-state index is 0.0471. The van der Waals surface area contributed by atoms with E-state index < -0.39 is 16.6 Å². The molecule has 208 valence electrons. The molecule has 5 nitrogen and oxygen atoms in total. The Hall–Kier alpha value is -1.37. The Bertz CT molecular complexity index is 1290. The van der Waals surface area contributed by atoms with Gasteiger partial charge in [0.05, 0.1) is 6.54 Å². The molecule has 0 aliphatic heterocycles. The molecule has 0 aliphatic carbocycles. The lowest BCUT2D eigenvalue weighted by Crippen LogP contribution is -2.44. The van der Waals surface area contributed by atoms with Crippen molar-refractivity contribution in [2.75, 3.05) is 0 Å². The van der Waals surface area contributed by atoms with Crippen molar-refractivity contribution in [1.82, 2.24) is 15.0 Å². The number of aryl methyl sites for hydroxylation is 1. The van der Waals surface area contributed by atoms with Crippen molar-refractivity contribution in [2.24, 2.45) is 0 Å². The van der Waals surface area contributed by atoms with Gasteiger partial charge in [0, 0.05) is 16.7 Å². The summed E-state index contributed by atoms with van der Waals surface area (Å²) in [6, 6.07) is 12.2. The van der Waals surface area contributed by atoms with Crippen LogP contribution in [0.5, 0.6) is 11.5 Å². The lowest BCUT2D eigenvalue weighted by Gasteiger charge is -2.39. The molecule has 0 N–H and O–H groups in total. The Kier molecular flexibility index (Phi) is 9.23. The van der Waals surface area contributed by atoms with E-state index in [4.69, 9.17) is 20.5 Å². The second-order valence-corrected chi connectivity index (χ2v) is 24.0. The van der Waals surface area contributed by atoms with E-state index >= 15 is 0 Å². The Labute approximate surface area is 250 Å². The van der Waals surface area contributed by atoms with Crippen LogP contribution in [0.1, 0.15) is 59.6 Å². The smallest absolute Gasteiger partial charge is 0.250 e. The van der Waals surface area contributed by atoms with Crippen molar-refractivity contribution in [1.29, 1.82) is 0 Å². The third-order valence-electron chi connectivity index (χ3n) is 8.04. The minimum atomic E-state index is -2.15. The van der Waals surface area contributed by atoms with E-state index in [1.54, 1.807) is 0 Å². The largest absolute Gasteiger partial charge is 0.543 e. The highest BCUT2D eigenvalue weighted by molar-refractivity contribution is 14.1. The Morgan fingerprint density at radius 3 is 2.00 bits per heavy atom. The van der Waals surface area contributed by atoms with Gasteiger partial charge in [-0.2, -0.15) is 0 Å². The quantitative estimate of drug-likeness (QED) is 0.175. The predicted molar refractivity (Wildman–Crippen MR) is 174 cm³/mol. The zero-order valence-corrected chi connectivity index (χ0v) is 29.7. The molecule has 0 bridgehead atoms. The number of rotatable bonds is 8. The standard InChI is InChI=1S/C29H43ClIN3O2Si2/c1-12-21-17-23(26-27(31)34(33-32-26)19-20-14-13-15-22(30)16-20)25(36-38(10,11)29(5,6)7)18-24(21)35-37(8,9)28(2,3)4/h13-18H,12,19H2,1-11H3. The highest BCUT2D eigenvalue weighted by Crippen LogP contribution is 2.45. The topological polar surface area (TPSA) is 49.2 Å². The lowest BCUT2D eigenvalue weighted by molar-refractivity contribution is 0.472. The maximum absolute atomic E-state index is 6.97. The molecule has 0 amide bonds. The van der Waals surface area contributed by atoms with Crippen LogP contribution in [0, 0.1) is 3.70 Å². The fourth-order valence-electron chi connectivity index (χ4n) is 3.48. The Morgan fingerprint density at radius 1 is 0.895 bits per heavy atom. The van der Waals surface area contributed by atoms with Crippen molar-refractivity contribution in [3.05, 3.63) is 56.2 Å². The average molecular weight is 684 g/mol. The summed E-state index contributed by atoms with van der Waals surface area (Å²) in [5.41, 5.74) is 4.04. The van der Waals surface area contributed by atoms with Crippen molar-refractivity contribution in [3.8, 4) is 22.8 Å². The third kappa shape index (κ3) is 6.85. The van der Waals surface area contributed by atoms with Gasteiger partial charge in [-0.1, -0.05) is 77.4 Å². The van der Waals surface area contributed by atoms with E-state index in [9.17, 15) is 0 Å². The molecule has 0 radical (unpaired) electrons. The molecule has 38 heavy (non-hydrogen) atoms. The molecule has 0 unspecified atom stereocenters.